The van der Waals surface area contributed by atoms with Crippen LogP contribution in [-0.2, 0) is 6.61 Å². The summed E-state index contributed by atoms with van der Waals surface area (Å²) in [6.07, 6.45) is 3.13. The fourth-order valence-corrected chi connectivity index (χ4v) is 2.90. The molecular formula is C17H17N7O2. The third kappa shape index (κ3) is 3.77. The molecule has 0 spiro atoms. The Balaban J connectivity index is 1.95. The molecule has 0 aliphatic carbocycles. The van der Waals surface area contributed by atoms with Gasteiger partial charge >= 0.3 is 0 Å². The predicted octanol–water partition coefficient (Wildman–Crippen LogP) is 3.15. The van der Waals surface area contributed by atoms with Gasteiger partial charge in [-0.2, -0.15) is 5.26 Å². The standard InChI is InChI=1S/C17H17N7O2/c18-10-12-6-2-3-7-14(12)26-11-13-15(24-8-4-1-5-9-24)20-17(22-23-19)21-16(13)25/h2-3,6-7H,1,4-5,8-9,11H2,(H,20,21,25). The number of ether oxygens (including phenoxy) is 1. The number of nitrogens with zero attached hydrogens (tertiary/aromatic N) is 6. The predicted molar refractivity (Wildman–Crippen MR) is 95.2 cm³/mol. The summed E-state index contributed by atoms with van der Waals surface area (Å²) in [5.74, 6) is 0.794. The number of nitriles is 1. The molecule has 2 aromatic rings. The average Bonchev–Trinajstić information content (AvgIpc) is 2.68. The molecule has 1 aromatic heterocycles. The molecule has 0 amide bonds. The van der Waals surface area contributed by atoms with Crippen LogP contribution in [0.15, 0.2) is 34.2 Å². The summed E-state index contributed by atoms with van der Waals surface area (Å²) in [7, 11) is 0. The van der Waals surface area contributed by atoms with E-state index in [9.17, 15) is 4.79 Å². The first kappa shape index (κ1) is 17.3. The van der Waals surface area contributed by atoms with Crippen molar-refractivity contribution in [1.82, 2.24) is 9.97 Å². The average molecular weight is 351 g/mol. The van der Waals surface area contributed by atoms with Gasteiger partial charge in [-0.1, -0.05) is 12.1 Å². The monoisotopic (exact) mass is 351 g/mol. The van der Waals surface area contributed by atoms with E-state index in [1.807, 2.05) is 4.90 Å². The molecule has 0 saturated carbocycles. The van der Waals surface area contributed by atoms with Crippen molar-refractivity contribution in [3.63, 3.8) is 0 Å². The van der Waals surface area contributed by atoms with Gasteiger partial charge in [-0.15, -0.1) is 0 Å². The maximum absolute atomic E-state index is 12.5. The first-order valence-electron chi connectivity index (χ1n) is 8.28. The number of para-hydroxylation sites is 1. The molecule has 0 unspecified atom stereocenters. The van der Waals surface area contributed by atoms with Crippen molar-refractivity contribution in [2.24, 2.45) is 5.11 Å². The molecule has 9 nitrogen and oxygen atoms in total. The topological polar surface area (TPSA) is 131 Å². The summed E-state index contributed by atoms with van der Waals surface area (Å²) in [5, 5.41) is 12.6. The molecule has 1 fully saturated rings. The van der Waals surface area contributed by atoms with Crippen molar-refractivity contribution < 1.29 is 4.74 Å². The number of rotatable bonds is 5. The van der Waals surface area contributed by atoms with E-state index in [0.29, 0.717) is 22.7 Å². The molecule has 26 heavy (non-hydrogen) atoms. The van der Waals surface area contributed by atoms with E-state index in [2.05, 4.69) is 26.1 Å². The van der Waals surface area contributed by atoms with Gasteiger partial charge in [-0.25, -0.2) is 4.98 Å². The van der Waals surface area contributed by atoms with E-state index in [1.54, 1.807) is 24.3 Å². The zero-order chi connectivity index (χ0) is 18.4. The fourth-order valence-electron chi connectivity index (χ4n) is 2.90. The normalized spacial score (nSPS) is 13.6. The lowest BCUT2D eigenvalue weighted by Crippen LogP contribution is -2.33. The number of anilines is 1. The molecule has 0 atom stereocenters. The number of aromatic nitrogens is 2. The smallest absolute Gasteiger partial charge is 0.259 e. The molecule has 132 valence electrons. The number of hydrogen-bond donors (Lipinski definition) is 1. The Kier molecular flexibility index (Phi) is 5.37. The molecule has 2 heterocycles. The summed E-state index contributed by atoms with van der Waals surface area (Å²) in [6.45, 7) is 1.51. The van der Waals surface area contributed by atoms with Crippen molar-refractivity contribution in [2.45, 2.75) is 25.9 Å². The lowest BCUT2D eigenvalue weighted by atomic mass is 10.1. The maximum Gasteiger partial charge on any atom is 0.259 e. The minimum absolute atomic E-state index is 0.0383. The van der Waals surface area contributed by atoms with Gasteiger partial charge in [0.15, 0.2) is 5.95 Å². The number of azide groups is 1. The van der Waals surface area contributed by atoms with Gasteiger partial charge in [-0.05, 0) is 42.0 Å². The van der Waals surface area contributed by atoms with E-state index < -0.39 is 5.56 Å². The highest BCUT2D eigenvalue weighted by atomic mass is 16.5. The fraction of sp³-hybridized carbons (Fsp3) is 0.353. The summed E-state index contributed by atoms with van der Waals surface area (Å²) in [6, 6.07) is 8.88. The van der Waals surface area contributed by atoms with Crippen molar-refractivity contribution in [3.05, 3.63) is 56.2 Å². The molecule has 3 rings (SSSR count). The van der Waals surface area contributed by atoms with Crippen LogP contribution in [0.2, 0.25) is 0 Å². The van der Waals surface area contributed by atoms with E-state index in [4.69, 9.17) is 15.5 Å². The quantitative estimate of drug-likeness (QED) is 0.502. The largest absolute Gasteiger partial charge is 0.487 e. The van der Waals surface area contributed by atoms with E-state index >= 15 is 0 Å². The van der Waals surface area contributed by atoms with Gasteiger partial charge in [0.2, 0.25) is 0 Å². The molecule has 1 saturated heterocycles. The van der Waals surface area contributed by atoms with Gasteiger partial charge in [0.05, 0.1) is 11.1 Å². The summed E-state index contributed by atoms with van der Waals surface area (Å²) >= 11 is 0. The Labute approximate surface area is 149 Å². The van der Waals surface area contributed by atoms with Crippen LogP contribution in [0.4, 0.5) is 11.8 Å². The third-order valence-electron chi connectivity index (χ3n) is 4.16. The third-order valence-corrected chi connectivity index (χ3v) is 4.16. The molecule has 1 aromatic carbocycles. The van der Waals surface area contributed by atoms with Crippen LogP contribution in [0.1, 0.15) is 30.4 Å². The highest BCUT2D eigenvalue weighted by Crippen LogP contribution is 2.24. The highest BCUT2D eigenvalue weighted by molar-refractivity contribution is 5.49. The zero-order valence-electron chi connectivity index (χ0n) is 14.1. The van der Waals surface area contributed by atoms with Gasteiger partial charge in [-0.3, -0.25) is 4.79 Å². The Bertz CT molecular complexity index is 935. The molecule has 9 heteroatoms. The number of piperidine rings is 1. The molecule has 0 bridgehead atoms. The number of nitrogens with one attached hydrogen (secondary N) is 1. The van der Waals surface area contributed by atoms with Crippen molar-refractivity contribution in [1.29, 1.82) is 5.26 Å². The van der Waals surface area contributed by atoms with Crippen LogP contribution in [0.25, 0.3) is 10.4 Å². The lowest BCUT2D eigenvalue weighted by molar-refractivity contribution is 0.303. The second-order valence-electron chi connectivity index (χ2n) is 5.83. The van der Waals surface area contributed by atoms with Crippen molar-refractivity contribution >= 4 is 11.8 Å². The maximum atomic E-state index is 12.5. The van der Waals surface area contributed by atoms with Crippen LogP contribution < -0.4 is 15.2 Å². The summed E-state index contributed by atoms with van der Waals surface area (Å²) < 4.78 is 5.71. The van der Waals surface area contributed by atoms with Crippen molar-refractivity contribution in [3.8, 4) is 11.8 Å². The minimum atomic E-state index is -0.419. The van der Waals surface area contributed by atoms with Crippen LogP contribution in [-0.4, -0.2) is 23.1 Å². The van der Waals surface area contributed by atoms with E-state index in [-0.39, 0.29) is 12.6 Å². The second-order valence-corrected chi connectivity index (χ2v) is 5.83. The SMILES string of the molecule is N#Cc1ccccc1OCc1c(N2CCCCC2)nc(N=[N+]=[N-])[nH]c1=O. The van der Waals surface area contributed by atoms with E-state index in [0.717, 1.165) is 32.4 Å². The molecular weight excluding hydrogens is 334 g/mol. The van der Waals surface area contributed by atoms with Gasteiger partial charge in [0.1, 0.15) is 24.2 Å². The minimum Gasteiger partial charge on any atom is -0.487 e. The first-order chi connectivity index (χ1) is 12.7. The first-order valence-corrected chi connectivity index (χ1v) is 8.28. The molecule has 0 radical (unpaired) electrons. The van der Waals surface area contributed by atoms with Crippen LogP contribution >= 0.6 is 0 Å². The Morgan fingerprint density at radius 1 is 1.35 bits per heavy atom. The van der Waals surface area contributed by atoms with Gasteiger partial charge in [0.25, 0.3) is 5.56 Å². The molecule has 1 aliphatic rings. The van der Waals surface area contributed by atoms with Gasteiger partial charge in [0, 0.05) is 18.0 Å². The lowest BCUT2D eigenvalue weighted by Gasteiger charge is -2.29. The van der Waals surface area contributed by atoms with Crippen LogP contribution in [0.3, 0.4) is 0 Å². The van der Waals surface area contributed by atoms with Crippen molar-refractivity contribution in [2.75, 3.05) is 18.0 Å². The zero-order valence-corrected chi connectivity index (χ0v) is 14.1. The second kappa shape index (κ2) is 8.05. The van der Waals surface area contributed by atoms with Crippen LogP contribution in [0, 0.1) is 11.3 Å². The number of benzene rings is 1. The number of H-pyrrole nitrogens is 1. The summed E-state index contributed by atoms with van der Waals surface area (Å²) in [5.41, 5.74) is 8.93. The van der Waals surface area contributed by atoms with Crippen LogP contribution in [0.5, 0.6) is 5.75 Å². The molecule has 1 N–H and O–H groups in total. The summed E-state index contributed by atoms with van der Waals surface area (Å²) in [4.78, 5) is 24.0. The van der Waals surface area contributed by atoms with Gasteiger partial charge < -0.3 is 14.6 Å². The Hall–Kier alpha value is -3.50. The number of hydrogen-bond acceptors (Lipinski definition) is 6. The Morgan fingerprint density at radius 2 is 2.12 bits per heavy atom. The highest BCUT2D eigenvalue weighted by Gasteiger charge is 2.20. The Morgan fingerprint density at radius 3 is 2.85 bits per heavy atom. The molecule has 1 aliphatic heterocycles. The number of aromatic amines is 1. The van der Waals surface area contributed by atoms with E-state index in [1.165, 1.54) is 0 Å².